The largest absolute Gasteiger partial charge is 0.492 e. The minimum absolute atomic E-state index is 0.601. The molecule has 3 heterocycles. The van der Waals surface area contributed by atoms with Gasteiger partial charge < -0.3 is 19.5 Å². The monoisotopic (exact) mass is 275 g/mol. The Morgan fingerprint density at radius 2 is 1.70 bits per heavy atom. The van der Waals surface area contributed by atoms with Crippen molar-refractivity contribution < 1.29 is 14.2 Å². The molecule has 0 aliphatic carbocycles. The van der Waals surface area contributed by atoms with Crippen LogP contribution in [-0.2, 0) is 12.8 Å². The summed E-state index contributed by atoms with van der Waals surface area (Å²) >= 11 is 0. The molecule has 1 saturated heterocycles. The van der Waals surface area contributed by atoms with E-state index in [0.29, 0.717) is 5.92 Å². The first-order valence-corrected chi connectivity index (χ1v) is 7.62. The van der Waals surface area contributed by atoms with E-state index in [0.717, 1.165) is 56.4 Å². The second kappa shape index (κ2) is 4.85. The van der Waals surface area contributed by atoms with Crippen LogP contribution >= 0.6 is 0 Å². The molecule has 3 aliphatic heterocycles. The van der Waals surface area contributed by atoms with Gasteiger partial charge in [-0.3, -0.25) is 0 Å². The van der Waals surface area contributed by atoms with Crippen LogP contribution in [0.2, 0.25) is 0 Å². The van der Waals surface area contributed by atoms with Crippen LogP contribution in [0.15, 0.2) is 0 Å². The molecule has 1 aromatic carbocycles. The van der Waals surface area contributed by atoms with E-state index in [-0.39, 0.29) is 0 Å². The van der Waals surface area contributed by atoms with E-state index in [9.17, 15) is 0 Å². The Balaban J connectivity index is 1.89. The minimum atomic E-state index is 0.601. The molecular weight excluding hydrogens is 254 g/mol. The lowest BCUT2D eigenvalue weighted by atomic mass is 9.84. The number of piperidine rings is 1. The Morgan fingerprint density at radius 3 is 2.45 bits per heavy atom. The topological polar surface area (TPSA) is 39.7 Å². The predicted molar refractivity (Wildman–Crippen MR) is 76.2 cm³/mol. The zero-order valence-electron chi connectivity index (χ0n) is 12.0. The lowest BCUT2D eigenvalue weighted by molar-refractivity contribution is 0.324. The molecule has 0 aromatic heterocycles. The maximum Gasteiger partial charge on any atom is 0.168 e. The van der Waals surface area contributed by atoms with Crippen LogP contribution in [0.1, 0.15) is 35.4 Å². The molecule has 0 radical (unpaired) electrons. The first kappa shape index (κ1) is 12.3. The number of rotatable bonds is 2. The molecule has 4 rings (SSSR count). The Morgan fingerprint density at radius 1 is 1.00 bits per heavy atom. The molecule has 20 heavy (non-hydrogen) atoms. The van der Waals surface area contributed by atoms with Crippen molar-refractivity contribution in [3.05, 3.63) is 16.7 Å². The van der Waals surface area contributed by atoms with Gasteiger partial charge in [-0.15, -0.1) is 0 Å². The summed E-state index contributed by atoms with van der Waals surface area (Å²) in [5.41, 5.74) is 3.99. The lowest BCUT2D eigenvalue weighted by Gasteiger charge is -2.27. The van der Waals surface area contributed by atoms with Crippen LogP contribution in [0.5, 0.6) is 17.2 Å². The quantitative estimate of drug-likeness (QED) is 0.896. The van der Waals surface area contributed by atoms with Crippen molar-refractivity contribution in [3.8, 4) is 17.2 Å². The molecule has 0 bridgehead atoms. The van der Waals surface area contributed by atoms with Gasteiger partial charge in [0.25, 0.3) is 0 Å². The van der Waals surface area contributed by atoms with E-state index in [2.05, 4.69) is 5.32 Å². The van der Waals surface area contributed by atoms with Gasteiger partial charge in [-0.25, -0.2) is 0 Å². The molecule has 0 atom stereocenters. The van der Waals surface area contributed by atoms with Crippen LogP contribution in [0.4, 0.5) is 0 Å². The smallest absolute Gasteiger partial charge is 0.168 e. The summed E-state index contributed by atoms with van der Waals surface area (Å²) in [7, 11) is 1.74. The highest BCUT2D eigenvalue weighted by molar-refractivity contribution is 5.66. The highest BCUT2D eigenvalue weighted by Gasteiger charge is 2.35. The first-order valence-electron chi connectivity index (χ1n) is 7.62. The van der Waals surface area contributed by atoms with Crippen LogP contribution in [-0.4, -0.2) is 33.4 Å². The van der Waals surface area contributed by atoms with Crippen molar-refractivity contribution in [3.63, 3.8) is 0 Å². The number of hydrogen-bond donors (Lipinski definition) is 1. The lowest BCUT2D eigenvalue weighted by Crippen LogP contribution is -2.27. The van der Waals surface area contributed by atoms with Crippen LogP contribution in [0.3, 0.4) is 0 Å². The molecule has 3 aliphatic rings. The maximum absolute atomic E-state index is 5.99. The van der Waals surface area contributed by atoms with Crippen LogP contribution in [0, 0.1) is 0 Å². The molecule has 4 nitrogen and oxygen atoms in total. The maximum atomic E-state index is 5.99. The van der Waals surface area contributed by atoms with Crippen molar-refractivity contribution in [2.24, 2.45) is 0 Å². The van der Waals surface area contributed by atoms with Crippen LogP contribution in [0.25, 0.3) is 0 Å². The zero-order chi connectivity index (χ0) is 13.5. The molecular formula is C16H21NO3. The number of methoxy groups -OCH3 is 1. The van der Waals surface area contributed by atoms with E-state index in [4.69, 9.17) is 14.2 Å². The van der Waals surface area contributed by atoms with Gasteiger partial charge in [0.1, 0.15) is 5.75 Å². The number of ether oxygens (including phenoxy) is 3. The van der Waals surface area contributed by atoms with Crippen molar-refractivity contribution >= 4 is 0 Å². The molecule has 1 fully saturated rings. The van der Waals surface area contributed by atoms with E-state index in [1.54, 1.807) is 7.11 Å². The van der Waals surface area contributed by atoms with Gasteiger partial charge in [0.2, 0.25) is 0 Å². The molecule has 4 heteroatoms. The summed E-state index contributed by atoms with van der Waals surface area (Å²) < 4.78 is 17.5. The minimum Gasteiger partial charge on any atom is -0.492 e. The average molecular weight is 275 g/mol. The highest BCUT2D eigenvalue weighted by Crippen LogP contribution is 2.52. The van der Waals surface area contributed by atoms with Gasteiger partial charge >= 0.3 is 0 Å². The van der Waals surface area contributed by atoms with Crippen molar-refractivity contribution in [2.45, 2.75) is 31.6 Å². The first-order chi connectivity index (χ1) is 9.90. The number of benzene rings is 1. The molecule has 0 unspecified atom stereocenters. The number of nitrogens with one attached hydrogen (secondary N) is 1. The Kier molecular flexibility index (Phi) is 2.99. The van der Waals surface area contributed by atoms with Crippen molar-refractivity contribution in [1.82, 2.24) is 5.32 Å². The highest BCUT2D eigenvalue weighted by atomic mass is 16.5. The zero-order valence-corrected chi connectivity index (χ0v) is 12.0. The average Bonchev–Trinajstić information content (AvgIpc) is 3.14. The van der Waals surface area contributed by atoms with Crippen molar-refractivity contribution in [2.75, 3.05) is 33.4 Å². The van der Waals surface area contributed by atoms with E-state index < -0.39 is 0 Å². The summed E-state index contributed by atoms with van der Waals surface area (Å²) in [6.07, 6.45) is 4.30. The third-order valence-corrected chi connectivity index (χ3v) is 4.75. The fraction of sp³-hybridized carbons (Fsp3) is 0.625. The summed E-state index contributed by atoms with van der Waals surface area (Å²) in [4.78, 5) is 0. The second-order valence-corrected chi connectivity index (χ2v) is 5.78. The molecule has 0 spiro atoms. The molecule has 108 valence electrons. The van der Waals surface area contributed by atoms with Gasteiger partial charge in [-0.2, -0.15) is 0 Å². The summed E-state index contributed by atoms with van der Waals surface area (Å²) in [5, 5.41) is 3.45. The predicted octanol–water partition coefficient (Wildman–Crippen LogP) is 2.03. The van der Waals surface area contributed by atoms with Gasteiger partial charge in [0.05, 0.1) is 20.3 Å². The van der Waals surface area contributed by atoms with Gasteiger partial charge in [-0.1, -0.05) is 0 Å². The Bertz CT molecular complexity index is 500. The SMILES string of the molecule is COc1c2c(c(C3CCNCC3)c3c1OCC3)OCC2. The fourth-order valence-corrected chi connectivity index (χ4v) is 3.86. The van der Waals surface area contributed by atoms with E-state index in [1.807, 2.05) is 0 Å². The van der Waals surface area contributed by atoms with Gasteiger partial charge in [0.15, 0.2) is 11.5 Å². The summed E-state index contributed by atoms with van der Waals surface area (Å²) in [6, 6.07) is 0. The molecule has 0 saturated carbocycles. The third kappa shape index (κ3) is 1.71. The van der Waals surface area contributed by atoms with Gasteiger partial charge in [-0.05, 0) is 31.8 Å². The van der Waals surface area contributed by atoms with E-state index in [1.165, 1.54) is 29.5 Å². The Labute approximate surface area is 119 Å². The fourth-order valence-electron chi connectivity index (χ4n) is 3.86. The molecule has 1 N–H and O–H groups in total. The normalized spacial score (nSPS) is 21.1. The van der Waals surface area contributed by atoms with E-state index >= 15 is 0 Å². The Hall–Kier alpha value is -1.42. The summed E-state index contributed by atoms with van der Waals surface area (Å²) in [6.45, 7) is 3.74. The van der Waals surface area contributed by atoms with Crippen LogP contribution < -0.4 is 19.5 Å². The third-order valence-electron chi connectivity index (χ3n) is 4.75. The standard InChI is InChI=1S/C16H21NO3/c1-18-15-12-5-9-19-14(12)13(10-2-6-17-7-3-10)11-4-8-20-16(11)15/h10,17H,2-9H2,1H3. The number of hydrogen-bond acceptors (Lipinski definition) is 4. The molecule has 1 aromatic rings. The van der Waals surface area contributed by atoms with Crippen molar-refractivity contribution in [1.29, 1.82) is 0 Å². The number of fused-ring (bicyclic) bond motifs is 2. The second-order valence-electron chi connectivity index (χ2n) is 5.78. The summed E-state index contributed by atoms with van der Waals surface area (Å²) in [5.74, 6) is 3.62. The van der Waals surface area contributed by atoms with Gasteiger partial charge in [0, 0.05) is 29.5 Å². The molecule has 0 amide bonds.